The average Bonchev–Trinajstić information content (AvgIpc) is 3.31. The van der Waals surface area contributed by atoms with Crippen molar-refractivity contribution in [3.8, 4) is 11.5 Å². The molecule has 28 heavy (non-hydrogen) atoms. The molecule has 0 saturated heterocycles. The van der Waals surface area contributed by atoms with E-state index in [0.717, 1.165) is 23.3 Å². The Hall–Kier alpha value is -3.35. The number of rotatable bonds is 6. The maximum atomic E-state index is 12.7. The molecular formula is C21H22N4O3. The van der Waals surface area contributed by atoms with E-state index < -0.39 is 0 Å². The summed E-state index contributed by atoms with van der Waals surface area (Å²) in [6, 6.07) is 11.2. The molecule has 1 N–H and O–H groups in total. The number of carbonyl (C=O) groups is 1. The molecular weight excluding hydrogens is 356 g/mol. The van der Waals surface area contributed by atoms with Crippen LogP contribution in [0.25, 0.3) is 0 Å². The van der Waals surface area contributed by atoms with Gasteiger partial charge in [-0.15, -0.1) is 0 Å². The first-order valence-electron chi connectivity index (χ1n) is 9.31. The number of nitrogens with zero attached hydrogens (tertiary/aromatic N) is 3. The molecule has 0 spiro atoms. The van der Waals surface area contributed by atoms with E-state index in [4.69, 9.17) is 9.47 Å². The monoisotopic (exact) mass is 378 g/mol. The molecule has 0 bridgehead atoms. The summed E-state index contributed by atoms with van der Waals surface area (Å²) in [5, 5.41) is 7.04. The average molecular weight is 378 g/mol. The van der Waals surface area contributed by atoms with Gasteiger partial charge in [0.15, 0.2) is 0 Å². The van der Waals surface area contributed by atoms with Crippen molar-refractivity contribution in [2.75, 3.05) is 11.9 Å². The molecule has 2 aromatic carbocycles. The van der Waals surface area contributed by atoms with Gasteiger partial charge in [0.05, 0.1) is 18.8 Å². The Kier molecular flexibility index (Phi) is 4.97. The summed E-state index contributed by atoms with van der Waals surface area (Å²) in [5.74, 6) is 1.27. The van der Waals surface area contributed by atoms with Crippen LogP contribution in [0.15, 0.2) is 49.1 Å². The number of hydrogen-bond donors (Lipinski definition) is 1. The van der Waals surface area contributed by atoms with Gasteiger partial charge in [-0.1, -0.05) is 12.1 Å². The Bertz CT molecular complexity index is 968. The van der Waals surface area contributed by atoms with E-state index in [1.165, 1.54) is 6.33 Å². The smallest absolute Gasteiger partial charge is 0.255 e. The van der Waals surface area contributed by atoms with E-state index in [0.29, 0.717) is 30.2 Å². The predicted molar refractivity (Wildman–Crippen MR) is 105 cm³/mol. The minimum absolute atomic E-state index is 0.132. The van der Waals surface area contributed by atoms with Crippen molar-refractivity contribution < 1.29 is 14.3 Å². The van der Waals surface area contributed by atoms with Gasteiger partial charge in [0, 0.05) is 23.6 Å². The highest BCUT2D eigenvalue weighted by molar-refractivity contribution is 6.05. The van der Waals surface area contributed by atoms with Crippen molar-refractivity contribution in [3.05, 3.63) is 65.7 Å². The second-order valence-electron chi connectivity index (χ2n) is 6.77. The maximum Gasteiger partial charge on any atom is 0.255 e. The zero-order valence-electron chi connectivity index (χ0n) is 15.9. The van der Waals surface area contributed by atoms with Crippen molar-refractivity contribution in [1.29, 1.82) is 0 Å². The molecule has 0 aliphatic carbocycles. The molecule has 0 radical (unpaired) electrons. The Morgan fingerprint density at radius 3 is 2.86 bits per heavy atom. The minimum atomic E-state index is -0.195. The molecule has 0 fully saturated rings. The molecule has 3 aromatic rings. The topological polar surface area (TPSA) is 78.3 Å². The van der Waals surface area contributed by atoms with Crippen LogP contribution in [0.4, 0.5) is 5.69 Å². The van der Waals surface area contributed by atoms with Crippen molar-refractivity contribution in [1.82, 2.24) is 14.8 Å². The molecule has 7 nitrogen and oxygen atoms in total. The van der Waals surface area contributed by atoms with Gasteiger partial charge >= 0.3 is 0 Å². The van der Waals surface area contributed by atoms with Gasteiger partial charge in [-0.2, -0.15) is 5.10 Å². The summed E-state index contributed by atoms with van der Waals surface area (Å²) in [5.41, 5.74) is 3.33. The number of ether oxygens (including phenoxy) is 2. The van der Waals surface area contributed by atoms with Crippen LogP contribution < -0.4 is 14.8 Å². The number of nitrogens with one attached hydrogen (secondary N) is 1. The van der Waals surface area contributed by atoms with E-state index in [9.17, 15) is 4.79 Å². The van der Waals surface area contributed by atoms with Crippen LogP contribution in [0.3, 0.4) is 0 Å². The number of fused-ring (bicyclic) bond motifs is 1. The van der Waals surface area contributed by atoms with Crippen LogP contribution in [0.2, 0.25) is 0 Å². The molecule has 0 unspecified atom stereocenters. The molecule has 2 heterocycles. The summed E-state index contributed by atoms with van der Waals surface area (Å²) in [6.07, 6.45) is 4.13. The predicted octanol–water partition coefficient (Wildman–Crippen LogP) is 3.30. The van der Waals surface area contributed by atoms with Crippen LogP contribution in [-0.2, 0) is 13.0 Å². The summed E-state index contributed by atoms with van der Waals surface area (Å²) in [6.45, 7) is 5.08. The lowest BCUT2D eigenvalue weighted by atomic mass is 10.1. The van der Waals surface area contributed by atoms with Gasteiger partial charge in [0.2, 0.25) is 0 Å². The number of amides is 1. The summed E-state index contributed by atoms with van der Waals surface area (Å²) < 4.78 is 13.3. The standard InChI is InChI=1S/C21H22N4O3/c1-3-27-20-9-17-8-14(2)28-19(17)10-18(20)24-21(26)16-6-4-15(5-7-16)11-25-13-22-12-23-25/h4-7,9-10,12-14H,3,8,11H2,1-2H3,(H,24,26)/t14-/m1/s1. The number of hydrogen-bond acceptors (Lipinski definition) is 5. The van der Waals surface area contributed by atoms with Gasteiger partial charge in [0.1, 0.15) is 30.3 Å². The number of benzene rings is 2. The van der Waals surface area contributed by atoms with Crippen LogP contribution >= 0.6 is 0 Å². The van der Waals surface area contributed by atoms with Crippen molar-refractivity contribution >= 4 is 11.6 Å². The fraction of sp³-hybridized carbons (Fsp3) is 0.286. The van der Waals surface area contributed by atoms with Gasteiger partial charge in [-0.25, -0.2) is 9.67 Å². The van der Waals surface area contributed by atoms with Gasteiger partial charge in [-0.3, -0.25) is 4.79 Å². The SMILES string of the molecule is CCOc1cc2c(cc1NC(=O)c1ccc(Cn3cncn3)cc1)O[C@H](C)C2. The van der Waals surface area contributed by atoms with Crippen LogP contribution in [0.5, 0.6) is 11.5 Å². The third-order valence-corrected chi connectivity index (χ3v) is 4.57. The molecule has 1 amide bonds. The normalized spacial score (nSPS) is 15.0. The van der Waals surface area contributed by atoms with Crippen LogP contribution in [-0.4, -0.2) is 33.4 Å². The van der Waals surface area contributed by atoms with Crippen molar-refractivity contribution in [2.24, 2.45) is 0 Å². The molecule has 4 rings (SSSR count). The van der Waals surface area contributed by atoms with E-state index >= 15 is 0 Å². The van der Waals surface area contributed by atoms with E-state index in [1.54, 1.807) is 23.1 Å². The van der Waals surface area contributed by atoms with Crippen LogP contribution in [0.1, 0.15) is 35.3 Å². The molecule has 7 heteroatoms. The van der Waals surface area contributed by atoms with Crippen molar-refractivity contribution in [3.63, 3.8) is 0 Å². The molecule has 0 saturated carbocycles. The lowest BCUT2D eigenvalue weighted by molar-refractivity contribution is 0.102. The highest BCUT2D eigenvalue weighted by Crippen LogP contribution is 2.38. The molecule has 144 valence electrons. The highest BCUT2D eigenvalue weighted by Gasteiger charge is 2.22. The number of anilines is 1. The largest absolute Gasteiger partial charge is 0.492 e. The first kappa shape index (κ1) is 18.0. The zero-order chi connectivity index (χ0) is 19.5. The Balaban J connectivity index is 1.51. The molecule has 1 aliphatic heterocycles. The first-order valence-corrected chi connectivity index (χ1v) is 9.31. The van der Waals surface area contributed by atoms with Gasteiger partial charge in [-0.05, 0) is 37.6 Å². The maximum absolute atomic E-state index is 12.7. The Labute approximate surface area is 163 Å². The van der Waals surface area contributed by atoms with E-state index in [1.807, 2.05) is 38.1 Å². The highest BCUT2D eigenvalue weighted by atomic mass is 16.5. The molecule has 1 aromatic heterocycles. The Morgan fingerprint density at radius 1 is 1.32 bits per heavy atom. The van der Waals surface area contributed by atoms with E-state index in [-0.39, 0.29) is 12.0 Å². The Morgan fingerprint density at radius 2 is 2.14 bits per heavy atom. The van der Waals surface area contributed by atoms with Crippen LogP contribution in [0, 0.1) is 0 Å². The third-order valence-electron chi connectivity index (χ3n) is 4.57. The quantitative estimate of drug-likeness (QED) is 0.712. The number of aromatic nitrogens is 3. The number of carbonyl (C=O) groups excluding carboxylic acids is 1. The lowest BCUT2D eigenvalue weighted by Gasteiger charge is -2.14. The zero-order valence-corrected chi connectivity index (χ0v) is 15.9. The molecule has 1 aliphatic rings. The molecule has 1 atom stereocenters. The fourth-order valence-corrected chi connectivity index (χ4v) is 3.27. The summed E-state index contributed by atoms with van der Waals surface area (Å²) in [7, 11) is 0. The van der Waals surface area contributed by atoms with E-state index in [2.05, 4.69) is 15.4 Å². The van der Waals surface area contributed by atoms with Gasteiger partial charge in [0.25, 0.3) is 5.91 Å². The second kappa shape index (κ2) is 7.72. The first-order chi connectivity index (χ1) is 13.6. The summed E-state index contributed by atoms with van der Waals surface area (Å²) >= 11 is 0. The summed E-state index contributed by atoms with van der Waals surface area (Å²) in [4.78, 5) is 16.7. The fourth-order valence-electron chi connectivity index (χ4n) is 3.27. The van der Waals surface area contributed by atoms with Gasteiger partial charge < -0.3 is 14.8 Å². The second-order valence-corrected chi connectivity index (χ2v) is 6.77. The minimum Gasteiger partial charge on any atom is -0.492 e. The third kappa shape index (κ3) is 3.83. The lowest BCUT2D eigenvalue weighted by Crippen LogP contribution is -2.13. The van der Waals surface area contributed by atoms with Crippen molar-refractivity contribution in [2.45, 2.75) is 32.9 Å².